The number of nitrogens with two attached hydrogens (primary N) is 1. The number of anilines is 4. The molecule has 186 valence electrons. The van der Waals surface area contributed by atoms with Crippen molar-refractivity contribution >= 4 is 35.0 Å². The number of halogens is 4. The summed E-state index contributed by atoms with van der Waals surface area (Å²) in [6.45, 7) is 5.58. The van der Waals surface area contributed by atoms with Gasteiger partial charge in [-0.15, -0.1) is 0 Å². The van der Waals surface area contributed by atoms with E-state index in [1.165, 1.54) is 12.1 Å². The lowest BCUT2D eigenvalue weighted by molar-refractivity contribution is -0.137. The quantitative estimate of drug-likeness (QED) is 0.486. The number of nitrogens with zero attached hydrogens (tertiary/aromatic N) is 6. The molecule has 4 rings (SSSR count). The van der Waals surface area contributed by atoms with Gasteiger partial charge in [0, 0.05) is 44.0 Å². The van der Waals surface area contributed by atoms with Crippen molar-refractivity contribution in [2.75, 3.05) is 42.1 Å². The molecular formula is C23H26ClF3N8. The molecule has 0 bridgehead atoms. The van der Waals surface area contributed by atoms with Crippen LogP contribution in [0.3, 0.4) is 0 Å². The van der Waals surface area contributed by atoms with Crippen molar-refractivity contribution in [3.8, 4) is 0 Å². The van der Waals surface area contributed by atoms with E-state index in [1.807, 2.05) is 12.1 Å². The van der Waals surface area contributed by atoms with Crippen molar-refractivity contribution in [3.63, 3.8) is 0 Å². The highest BCUT2D eigenvalue weighted by atomic mass is 35.5. The first kappa shape index (κ1) is 24.9. The highest BCUT2D eigenvalue weighted by Crippen LogP contribution is 2.30. The second kappa shape index (κ2) is 10.6. The highest BCUT2D eigenvalue weighted by molar-refractivity contribution is 6.32. The maximum absolute atomic E-state index is 12.8. The Bertz CT molecular complexity index is 1140. The van der Waals surface area contributed by atoms with E-state index in [0.717, 1.165) is 50.6 Å². The first-order valence-electron chi connectivity index (χ1n) is 11.2. The largest absolute Gasteiger partial charge is 0.416 e. The average molecular weight is 507 g/mol. The second-order valence-corrected chi connectivity index (χ2v) is 8.78. The van der Waals surface area contributed by atoms with Gasteiger partial charge in [0.2, 0.25) is 11.9 Å². The molecule has 12 heteroatoms. The van der Waals surface area contributed by atoms with Gasteiger partial charge in [-0.05, 0) is 56.3 Å². The van der Waals surface area contributed by atoms with E-state index >= 15 is 0 Å². The van der Waals surface area contributed by atoms with Gasteiger partial charge in [0.25, 0.3) is 0 Å². The second-order valence-electron chi connectivity index (χ2n) is 8.38. The van der Waals surface area contributed by atoms with Crippen molar-refractivity contribution in [2.45, 2.75) is 32.0 Å². The number of aryl methyl sites for hydroxylation is 1. The number of rotatable bonds is 7. The molecule has 0 amide bonds. The van der Waals surface area contributed by atoms with Crippen molar-refractivity contribution in [1.29, 1.82) is 0 Å². The van der Waals surface area contributed by atoms with Crippen LogP contribution in [0, 0.1) is 0 Å². The van der Waals surface area contributed by atoms with E-state index in [2.05, 4.69) is 42.0 Å². The molecule has 1 aliphatic heterocycles. The monoisotopic (exact) mass is 506 g/mol. The Morgan fingerprint density at radius 2 is 1.89 bits per heavy atom. The maximum Gasteiger partial charge on any atom is 0.416 e. The Kier molecular flexibility index (Phi) is 7.56. The van der Waals surface area contributed by atoms with E-state index in [0.29, 0.717) is 29.0 Å². The topological polar surface area (TPSA) is 96.1 Å². The summed E-state index contributed by atoms with van der Waals surface area (Å²) >= 11 is 6.30. The Labute approximate surface area is 206 Å². The smallest absolute Gasteiger partial charge is 0.368 e. The van der Waals surface area contributed by atoms with Gasteiger partial charge in [-0.3, -0.25) is 4.90 Å². The van der Waals surface area contributed by atoms with Gasteiger partial charge in [0.05, 0.1) is 10.6 Å². The molecule has 1 aliphatic rings. The highest BCUT2D eigenvalue weighted by Gasteiger charge is 2.30. The van der Waals surface area contributed by atoms with E-state index in [1.54, 1.807) is 6.20 Å². The Morgan fingerprint density at radius 3 is 2.57 bits per heavy atom. The molecule has 0 radical (unpaired) electrons. The van der Waals surface area contributed by atoms with Crippen LogP contribution in [0.2, 0.25) is 5.02 Å². The minimum atomic E-state index is -4.39. The summed E-state index contributed by atoms with van der Waals surface area (Å²) in [5.74, 6) is 1.59. The van der Waals surface area contributed by atoms with Crippen molar-refractivity contribution < 1.29 is 13.2 Å². The third kappa shape index (κ3) is 6.49. The summed E-state index contributed by atoms with van der Waals surface area (Å²) in [7, 11) is 0. The molecule has 0 saturated carbocycles. The molecule has 35 heavy (non-hydrogen) atoms. The summed E-state index contributed by atoms with van der Waals surface area (Å²) in [6.07, 6.45) is -1.23. The third-order valence-corrected chi connectivity index (χ3v) is 6.11. The van der Waals surface area contributed by atoms with Gasteiger partial charge in [-0.2, -0.15) is 28.1 Å². The van der Waals surface area contributed by atoms with Crippen molar-refractivity contribution in [1.82, 2.24) is 24.8 Å². The number of nitrogen functional groups attached to an aromatic ring is 1. The van der Waals surface area contributed by atoms with Crippen LogP contribution >= 0.6 is 11.6 Å². The number of hydrogen-bond acceptors (Lipinski definition) is 8. The number of aromatic nitrogens is 4. The van der Waals surface area contributed by atoms with Crippen LogP contribution < -0.4 is 16.0 Å². The molecule has 3 aromatic rings. The molecule has 3 N–H and O–H groups in total. The maximum atomic E-state index is 12.8. The molecule has 0 aliphatic carbocycles. The van der Waals surface area contributed by atoms with Crippen molar-refractivity contribution in [2.24, 2.45) is 0 Å². The summed E-state index contributed by atoms with van der Waals surface area (Å²) in [5, 5.41) is 3.55. The fraction of sp³-hybridized carbons (Fsp3) is 0.391. The summed E-state index contributed by atoms with van der Waals surface area (Å²) in [5.41, 5.74) is 5.53. The molecule has 1 saturated heterocycles. The number of alkyl halides is 3. The van der Waals surface area contributed by atoms with Crippen LogP contribution in [0.1, 0.15) is 24.7 Å². The first-order valence-corrected chi connectivity index (χ1v) is 11.6. The van der Waals surface area contributed by atoms with E-state index in [-0.39, 0.29) is 11.9 Å². The molecule has 1 atom stereocenters. The average Bonchev–Trinajstić information content (AvgIpc) is 2.80. The number of benzene rings is 1. The first-order chi connectivity index (χ1) is 16.7. The van der Waals surface area contributed by atoms with Crippen LogP contribution in [0.5, 0.6) is 0 Å². The van der Waals surface area contributed by atoms with Crippen LogP contribution in [0.15, 0.2) is 42.6 Å². The molecule has 2 aromatic heterocycles. The third-order valence-electron chi connectivity index (χ3n) is 5.82. The van der Waals surface area contributed by atoms with E-state index in [4.69, 9.17) is 17.3 Å². The number of pyridine rings is 1. The number of nitrogens with one attached hydrogen (secondary N) is 1. The fourth-order valence-electron chi connectivity index (χ4n) is 4.05. The predicted octanol–water partition coefficient (Wildman–Crippen LogP) is 4.41. The molecule has 0 spiro atoms. The molecule has 8 nitrogen and oxygen atoms in total. The normalized spacial score (nSPS) is 16.9. The summed E-state index contributed by atoms with van der Waals surface area (Å²) in [6, 6.07) is 8.63. The van der Waals surface area contributed by atoms with Crippen molar-refractivity contribution in [3.05, 3.63) is 59.0 Å². The van der Waals surface area contributed by atoms with Gasteiger partial charge >= 0.3 is 6.18 Å². The molecule has 1 fully saturated rings. The summed E-state index contributed by atoms with van der Waals surface area (Å²) < 4.78 is 38.3. The van der Waals surface area contributed by atoms with Gasteiger partial charge < -0.3 is 16.0 Å². The van der Waals surface area contributed by atoms with Crippen LogP contribution in [0.4, 0.5) is 36.6 Å². The lowest BCUT2D eigenvalue weighted by Crippen LogP contribution is -2.52. The van der Waals surface area contributed by atoms with E-state index in [9.17, 15) is 13.2 Å². The minimum Gasteiger partial charge on any atom is -0.368 e. The van der Waals surface area contributed by atoms with Gasteiger partial charge in [-0.25, -0.2) is 4.98 Å². The zero-order valence-corrected chi connectivity index (χ0v) is 19.9. The van der Waals surface area contributed by atoms with Gasteiger partial charge in [-0.1, -0.05) is 11.6 Å². The Morgan fingerprint density at radius 1 is 1.11 bits per heavy atom. The number of piperazine rings is 1. The van der Waals surface area contributed by atoms with Crippen LogP contribution in [-0.4, -0.2) is 57.1 Å². The van der Waals surface area contributed by atoms with Crippen LogP contribution in [0.25, 0.3) is 0 Å². The minimum absolute atomic E-state index is 0.0543. The fourth-order valence-corrected chi connectivity index (χ4v) is 4.29. The standard InChI is InChI=1S/C23H26ClF3N8/c1-15-14-35(20-18(24)4-2-10-29-20)13-12-34(15)11-3-5-19-31-21(28)33-22(32-19)30-17-8-6-16(7-9-17)23(25,26)27/h2,4,6-10,15H,3,5,11-14H2,1H3,(H3,28,30,31,32,33). The Balaban J connectivity index is 1.30. The van der Waals surface area contributed by atoms with Crippen LogP contribution in [-0.2, 0) is 12.6 Å². The predicted molar refractivity (Wildman–Crippen MR) is 130 cm³/mol. The lowest BCUT2D eigenvalue weighted by atomic mass is 10.1. The molecular weight excluding hydrogens is 481 g/mol. The van der Waals surface area contributed by atoms with E-state index < -0.39 is 11.7 Å². The zero-order chi connectivity index (χ0) is 25.0. The molecule has 3 heterocycles. The zero-order valence-electron chi connectivity index (χ0n) is 19.1. The SMILES string of the molecule is CC1CN(c2ncccc2Cl)CCN1CCCc1nc(N)nc(Nc2ccc(C(F)(F)F)cc2)n1. The molecule has 1 aromatic carbocycles. The number of hydrogen-bond donors (Lipinski definition) is 2. The van der Waals surface area contributed by atoms with Gasteiger partial charge in [0.1, 0.15) is 11.6 Å². The van der Waals surface area contributed by atoms with Gasteiger partial charge in [0.15, 0.2) is 0 Å². The summed E-state index contributed by atoms with van der Waals surface area (Å²) in [4.78, 5) is 21.6. The molecule has 1 unspecified atom stereocenters. The Hall–Kier alpha value is -3.18. The lowest BCUT2D eigenvalue weighted by Gasteiger charge is -2.40.